The number of halogens is 1. The van der Waals surface area contributed by atoms with Crippen LogP contribution in [0.3, 0.4) is 0 Å². The predicted octanol–water partition coefficient (Wildman–Crippen LogP) is 1.99. The molecule has 1 aromatic heterocycles. The summed E-state index contributed by atoms with van der Waals surface area (Å²) >= 11 is 6.12. The second-order valence-electron chi connectivity index (χ2n) is 5.69. The molecule has 0 bridgehead atoms. The highest BCUT2D eigenvalue weighted by Gasteiger charge is 2.26. The van der Waals surface area contributed by atoms with Gasteiger partial charge in [0.05, 0.1) is 13.2 Å². The van der Waals surface area contributed by atoms with Crippen LogP contribution >= 0.6 is 11.6 Å². The van der Waals surface area contributed by atoms with Gasteiger partial charge in [0, 0.05) is 26.2 Å². The summed E-state index contributed by atoms with van der Waals surface area (Å²) in [7, 11) is 0. The van der Waals surface area contributed by atoms with Gasteiger partial charge in [0.1, 0.15) is 0 Å². The van der Waals surface area contributed by atoms with Crippen LogP contribution in [0.2, 0.25) is 5.28 Å². The van der Waals surface area contributed by atoms with E-state index in [1.165, 1.54) is 12.8 Å². The Balaban J connectivity index is 1.80. The highest BCUT2D eigenvalue weighted by Crippen LogP contribution is 2.31. The van der Waals surface area contributed by atoms with E-state index in [1.807, 2.05) is 0 Å². The van der Waals surface area contributed by atoms with Gasteiger partial charge in [-0.05, 0) is 36.8 Å². The first-order chi connectivity index (χ1) is 10.3. The Kier molecular flexibility index (Phi) is 4.75. The maximum Gasteiger partial charge on any atom is 0.231 e. The Morgan fingerprint density at radius 1 is 1.24 bits per heavy atom. The summed E-state index contributed by atoms with van der Waals surface area (Å²) in [6.07, 6.45) is 3.70. The molecule has 21 heavy (non-hydrogen) atoms. The molecule has 1 saturated carbocycles. The van der Waals surface area contributed by atoms with Crippen LogP contribution < -0.4 is 9.80 Å². The maximum absolute atomic E-state index is 6.12. The van der Waals surface area contributed by atoms with Crippen molar-refractivity contribution in [3.63, 3.8) is 0 Å². The zero-order valence-electron chi connectivity index (χ0n) is 12.5. The van der Waals surface area contributed by atoms with Crippen molar-refractivity contribution in [2.75, 3.05) is 49.2 Å². The van der Waals surface area contributed by atoms with Gasteiger partial charge in [0.25, 0.3) is 0 Å². The molecule has 0 radical (unpaired) electrons. The number of nitrogens with zero attached hydrogens (tertiary/aromatic N) is 5. The second-order valence-corrected chi connectivity index (χ2v) is 6.03. The molecule has 116 valence electrons. The van der Waals surface area contributed by atoms with Crippen molar-refractivity contribution in [3.05, 3.63) is 5.28 Å². The fourth-order valence-electron chi connectivity index (χ4n) is 2.53. The fourth-order valence-corrected chi connectivity index (χ4v) is 2.68. The van der Waals surface area contributed by atoms with Crippen LogP contribution in [-0.4, -0.2) is 54.3 Å². The van der Waals surface area contributed by atoms with Gasteiger partial charge >= 0.3 is 0 Å². The average Bonchev–Trinajstić information content (AvgIpc) is 3.31. The van der Waals surface area contributed by atoms with Gasteiger partial charge in [-0.2, -0.15) is 15.0 Å². The Labute approximate surface area is 130 Å². The molecule has 1 aliphatic carbocycles. The lowest BCUT2D eigenvalue weighted by atomic mass is 10.3. The Morgan fingerprint density at radius 3 is 2.67 bits per heavy atom. The van der Waals surface area contributed by atoms with Crippen molar-refractivity contribution in [1.29, 1.82) is 0 Å². The number of rotatable bonds is 6. The van der Waals surface area contributed by atoms with E-state index < -0.39 is 0 Å². The monoisotopic (exact) mass is 311 g/mol. The topological polar surface area (TPSA) is 54.4 Å². The van der Waals surface area contributed by atoms with Crippen LogP contribution in [0.4, 0.5) is 11.9 Å². The second kappa shape index (κ2) is 6.75. The zero-order valence-corrected chi connectivity index (χ0v) is 13.2. The SMILES string of the molecule is CCCN(CC1CC1)c1nc(Cl)nc(N2CCOCC2)n1. The first-order valence-electron chi connectivity index (χ1n) is 7.75. The van der Waals surface area contributed by atoms with E-state index in [0.29, 0.717) is 25.1 Å². The van der Waals surface area contributed by atoms with Crippen LogP contribution in [0.25, 0.3) is 0 Å². The van der Waals surface area contributed by atoms with E-state index >= 15 is 0 Å². The van der Waals surface area contributed by atoms with Crippen LogP contribution in [0, 0.1) is 5.92 Å². The minimum atomic E-state index is 0.276. The molecular weight excluding hydrogens is 290 g/mol. The molecule has 0 N–H and O–H groups in total. The first-order valence-corrected chi connectivity index (χ1v) is 8.13. The van der Waals surface area contributed by atoms with Gasteiger partial charge in [-0.1, -0.05) is 6.92 Å². The molecule has 6 nitrogen and oxygen atoms in total. The number of hydrogen-bond donors (Lipinski definition) is 0. The normalized spacial score (nSPS) is 18.9. The number of anilines is 2. The van der Waals surface area contributed by atoms with Crippen molar-refractivity contribution < 1.29 is 4.74 Å². The summed E-state index contributed by atoms with van der Waals surface area (Å²) in [5.74, 6) is 2.18. The van der Waals surface area contributed by atoms with Crippen LogP contribution in [0.5, 0.6) is 0 Å². The van der Waals surface area contributed by atoms with E-state index in [0.717, 1.165) is 38.5 Å². The molecule has 0 unspecified atom stereocenters. The molecule has 0 spiro atoms. The molecule has 2 fully saturated rings. The third-order valence-corrected chi connectivity index (χ3v) is 4.00. The van der Waals surface area contributed by atoms with Crippen molar-refractivity contribution in [3.8, 4) is 0 Å². The van der Waals surface area contributed by atoms with E-state index in [-0.39, 0.29) is 5.28 Å². The van der Waals surface area contributed by atoms with Gasteiger partial charge in [-0.25, -0.2) is 0 Å². The van der Waals surface area contributed by atoms with Gasteiger partial charge in [-0.15, -0.1) is 0 Å². The standard InChI is InChI=1S/C14H22ClN5O/c1-2-5-20(10-11-3-4-11)14-17-12(15)16-13(18-14)19-6-8-21-9-7-19/h11H,2-10H2,1H3. The molecule has 1 saturated heterocycles. The van der Waals surface area contributed by atoms with E-state index in [2.05, 4.69) is 31.7 Å². The molecule has 0 aromatic carbocycles. The molecule has 2 aliphatic rings. The summed E-state index contributed by atoms with van der Waals surface area (Å²) in [5, 5.41) is 0.276. The Hall–Kier alpha value is -1.14. The van der Waals surface area contributed by atoms with Crippen molar-refractivity contribution >= 4 is 23.5 Å². The number of hydrogen-bond acceptors (Lipinski definition) is 6. The molecule has 2 heterocycles. The molecule has 3 rings (SSSR count). The highest BCUT2D eigenvalue weighted by molar-refractivity contribution is 6.28. The summed E-state index contributed by atoms with van der Waals surface area (Å²) < 4.78 is 5.37. The van der Waals surface area contributed by atoms with Gasteiger partial charge < -0.3 is 14.5 Å². The number of ether oxygens (including phenoxy) is 1. The zero-order chi connectivity index (χ0) is 14.7. The third-order valence-electron chi connectivity index (χ3n) is 3.83. The third kappa shape index (κ3) is 3.95. The van der Waals surface area contributed by atoms with Crippen LogP contribution in [0.15, 0.2) is 0 Å². The van der Waals surface area contributed by atoms with Crippen molar-refractivity contribution in [1.82, 2.24) is 15.0 Å². The quantitative estimate of drug-likeness (QED) is 0.801. The lowest BCUT2D eigenvalue weighted by Crippen LogP contribution is -2.38. The highest BCUT2D eigenvalue weighted by atomic mass is 35.5. The Morgan fingerprint density at radius 2 is 2.00 bits per heavy atom. The largest absolute Gasteiger partial charge is 0.378 e. The van der Waals surface area contributed by atoms with Gasteiger partial charge in [-0.3, -0.25) is 0 Å². The number of aromatic nitrogens is 3. The molecule has 0 atom stereocenters. The average molecular weight is 312 g/mol. The first kappa shape index (κ1) is 14.8. The summed E-state index contributed by atoms with van der Waals surface area (Å²) in [5.41, 5.74) is 0. The van der Waals surface area contributed by atoms with Crippen LogP contribution in [-0.2, 0) is 4.74 Å². The Bertz CT molecular complexity index is 476. The lowest BCUT2D eigenvalue weighted by molar-refractivity contribution is 0.122. The molecule has 1 aromatic rings. The van der Waals surface area contributed by atoms with Gasteiger partial charge in [0.2, 0.25) is 17.2 Å². The van der Waals surface area contributed by atoms with E-state index in [9.17, 15) is 0 Å². The van der Waals surface area contributed by atoms with Crippen LogP contribution in [0.1, 0.15) is 26.2 Å². The maximum atomic E-state index is 6.12. The van der Waals surface area contributed by atoms with E-state index in [1.54, 1.807) is 0 Å². The predicted molar refractivity (Wildman–Crippen MR) is 83.1 cm³/mol. The summed E-state index contributed by atoms with van der Waals surface area (Å²) in [6, 6.07) is 0. The van der Waals surface area contributed by atoms with Crippen molar-refractivity contribution in [2.24, 2.45) is 5.92 Å². The smallest absolute Gasteiger partial charge is 0.231 e. The summed E-state index contributed by atoms with van der Waals surface area (Å²) in [6.45, 7) is 7.17. The molecule has 0 amide bonds. The molecule has 7 heteroatoms. The minimum absolute atomic E-state index is 0.276. The van der Waals surface area contributed by atoms with Crippen molar-refractivity contribution in [2.45, 2.75) is 26.2 Å². The lowest BCUT2D eigenvalue weighted by Gasteiger charge is -2.28. The fraction of sp³-hybridized carbons (Fsp3) is 0.786. The van der Waals surface area contributed by atoms with E-state index in [4.69, 9.17) is 16.3 Å². The molecular formula is C14H22ClN5O. The summed E-state index contributed by atoms with van der Waals surface area (Å²) in [4.78, 5) is 17.6. The minimum Gasteiger partial charge on any atom is -0.378 e. The number of morpholine rings is 1. The molecule has 1 aliphatic heterocycles. The van der Waals surface area contributed by atoms with Gasteiger partial charge in [0.15, 0.2) is 0 Å².